The van der Waals surface area contributed by atoms with Crippen LogP contribution < -0.4 is 16.2 Å². The summed E-state index contributed by atoms with van der Waals surface area (Å²) in [6.45, 7) is 3.92. The molecular weight excluding hydrogens is 444 g/mol. The molecule has 3 rings (SSSR count). The molecule has 0 spiro atoms. The van der Waals surface area contributed by atoms with E-state index in [1.807, 2.05) is 0 Å². The molecule has 2 amide bonds. The Hall–Kier alpha value is -3.66. The van der Waals surface area contributed by atoms with E-state index in [0.29, 0.717) is 27.3 Å². The summed E-state index contributed by atoms with van der Waals surface area (Å²) in [5, 5.41) is 6.28. The number of amides is 2. The normalized spacial score (nSPS) is 10.6. The molecule has 0 aliphatic carbocycles. The Labute approximate surface area is 194 Å². The van der Waals surface area contributed by atoms with Gasteiger partial charge >= 0.3 is 5.97 Å². The second kappa shape index (κ2) is 11.3. The van der Waals surface area contributed by atoms with E-state index in [-0.39, 0.29) is 42.8 Å². The summed E-state index contributed by atoms with van der Waals surface area (Å²) in [4.78, 5) is 52.9. The second-order valence-corrected chi connectivity index (χ2v) is 7.93. The molecule has 33 heavy (non-hydrogen) atoms. The van der Waals surface area contributed by atoms with Crippen molar-refractivity contribution >= 4 is 46.1 Å². The molecule has 10 heteroatoms. The molecule has 0 aliphatic rings. The Kier molecular flexibility index (Phi) is 8.20. The quantitative estimate of drug-likeness (QED) is 0.281. The Balaban J connectivity index is 1.71. The number of para-hydroxylation sites is 1. The fraction of sp³-hybridized carbons (Fsp3) is 0.261. The number of carbonyl (C=O) groups is 3. The van der Waals surface area contributed by atoms with Crippen molar-refractivity contribution in [2.75, 3.05) is 24.2 Å². The number of rotatable bonds is 9. The van der Waals surface area contributed by atoms with Crippen molar-refractivity contribution < 1.29 is 19.1 Å². The fourth-order valence-corrected chi connectivity index (χ4v) is 3.86. The Morgan fingerprint density at radius 3 is 2.52 bits per heavy atom. The molecule has 9 nitrogen and oxygen atoms in total. The van der Waals surface area contributed by atoms with Crippen molar-refractivity contribution in [3.63, 3.8) is 0 Å². The third-order valence-electron chi connectivity index (χ3n) is 4.55. The van der Waals surface area contributed by atoms with Crippen LogP contribution >= 0.6 is 11.8 Å². The first-order valence-electron chi connectivity index (χ1n) is 10.3. The number of hydrogen-bond donors (Lipinski definition) is 2. The highest BCUT2D eigenvalue weighted by molar-refractivity contribution is 7.99. The average molecular weight is 469 g/mol. The van der Waals surface area contributed by atoms with Gasteiger partial charge in [0, 0.05) is 25.7 Å². The number of aromatic nitrogens is 2. The minimum absolute atomic E-state index is 0.0184. The van der Waals surface area contributed by atoms with Gasteiger partial charge in [-0.05, 0) is 43.3 Å². The van der Waals surface area contributed by atoms with Gasteiger partial charge in [0.2, 0.25) is 11.8 Å². The lowest BCUT2D eigenvalue weighted by Gasteiger charge is -2.13. The van der Waals surface area contributed by atoms with E-state index in [4.69, 9.17) is 4.74 Å². The van der Waals surface area contributed by atoms with E-state index < -0.39 is 5.97 Å². The van der Waals surface area contributed by atoms with Gasteiger partial charge in [-0.2, -0.15) is 0 Å². The average Bonchev–Trinajstić information content (AvgIpc) is 2.80. The summed E-state index contributed by atoms with van der Waals surface area (Å²) in [6.07, 6.45) is 0. The molecule has 2 aromatic carbocycles. The molecule has 0 fully saturated rings. The summed E-state index contributed by atoms with van der Waals surface area (Å²) in [5.74, 6) is -0.894. The van der Waals surface area contributed by atoms with Crippen LogP contribution in [0.1, 0.15) is 24.2 Å². The van der Waals surface area contributed by atoms with Gasteiger partial charge in [-0.1, -0.05) is 23.9 Å². The molecule has 0 atom stereocenters. The first-order valence-corrected chi connectivity index (χ1v) is 11.3. The van der Waals surface area contributed by atoms with E-state index in [1.54, 1.807) is 55.5 Å². The summed E-state index contributed by atoms with van der Waals surface area (Å²) in [5.41, 5.74) is 1.23. The number of hydrogen-bond acceptors (Lipinski definition) is 7. The number of anilines is 1. The van der Waals surface area contributed by atoms with E-state index in [9.17, 15) is 19.2 Å². The van der Waals surface area contributed by atoms with Crippen LogP contribution in [0.15, 0.2) is 58.5 Å². The zero-order valence-corrected chi connectivity index (χ0v) is 19.1. The molecule has 172 valence electrons. The Bertz CT molecular complexity index is 1220. The van der Waals surface area contributed by atoms with Crippen molar-refractivity contribution in [3.8, 4) is 0 Å². The molecule has 0 saturated carbocycles. The highest BCUT2D eigenvalue weighted by Gasteiger charge is 2.14. The maximum absolute atomic E-state index is 13.0. The molecule has 1 aromatic heterocycles. The lowest BCUT2D eigenvalue weighted by Crippen LogP contribution is -2.31. The van der Waals surface area contributed by atoms with E-state index in [0.717, 1.165) is 11.8 Å². The van der Waals surface area contributed by atoms with E-state index in [2.05, 4.69) is 15.6 Å². The van der Waals surface area contributed by atoms with Gasteiger partial charge in [-0.3, -0.25) is 19.0 Å². The Morgan fingerprint density at radius 1 is 1.09 bits per heavy atom. The van der Waals surface area contributed by atoms with Crippen LogP contribution in [0, 0.1) is 0 Å². The predicted octanol–water partition coefficient (Wildman–Crippen LogP) is 2.44. The van der Waals surface area contributed by atoms with Crippen molar-refractivity contribution in [3.05, 3.63) is 64.4 Å². The third-order valence-corrected chi connectivity index (χ3v) is 5.52. The molecule has 0 bridgehead atoms. The van der Waals surface area contributed by atoms with Crippen LogP contribution in [0.25, 0.3) is 10.9 Å². The molecule has 3 aromatic rings. The molecular formula is C23H24N4O5S. The third kappa shape index (κ3) is 6.42. The SMILES string of the molecule is CCOC(=O)c1ccc(NC(=O)CSc2nc3ccccc3c(=O)n2CCNC(C)=O)cc1. The summed E-state index contributed by atoms with van der Waals surface area (Å²) in [7, 11) is 0. The van der Waals surface area contributed by atoms with Crippen LogP contribution in [0.2, 0.25) is 0 Å². The number of fused-ring (bicyclic) bond motifs is 1. The first-order chi connectivity index (χ1) is 15.9. The van der Waals surface area contributed by atoms with E-state index >= 15 is 0 Å². The number of carbonyl (C=O) groups excluding carboxylic acids is 3. The highest BCUT2D eigenvalue weighted by atomic mass is 32.2. The topological polar surface area (TPSA) is 119 Å². The molecule has 0 saturated heterocycles. The molecule has 1 heterocycles. The van der Waals surface area contributed by atoms with Crippen molar-refractivity contribution in [2.45, 2.75) is 25.5 Å². The zero-order valence-electron chi connectivity index (χ0n) is 18.3. The van der Waals surface area contributed by atoms with E-state index in [1.165, 1.54) is 11.5 Å². The van der Waals surface area contributed by atoms with Gasteiger partial charge in [0.25, 0.3) is 5.56 Å². The molecule has 2 N–H and O–H groups in total. The fourth-order valence-electron chi connectivity index (χ4n) is 3.03. The monoisotopic (exact) mass is 468 g/mol. The molecule has 0 unspecified atom stereocenters. The lowest BCUT2D eigenvalue weighted by molar-refractivity contribution is -0.119. The van der Waals surface area contributed by atoms with Crippen LogP contribution in [0.5, 0.6) is 0 Å². The first kappa shape index (κ1) is 24.0. The smallest absolute Gasteiger partial charge is 0.338 e. The van der Waals surface area contributed by atoms with Crippen molar-refractivity contribution in [1.29, 1.82) is 0 Å². The number of nitrogens with zero attached hydrogens (tertiary/aromatic N) is 2. The van der Waals surface area contributed by atoms with Gasteiger partial charge in [0.15, 0.2) is 5.16 Å². The predicted molar refractivity (Wildman–Crippen MR) is 126 cm³/mol. The second-order valence-electron chi connectivity index (χ2n) is 6.99. The number of benzene rings is 2. The number of esters is 1. The summed E-state index contributed by atoms with van der Waals surface area (Å²) >= 11 is 1.13. The minimum atomic E-state index is -0.425. The summed E-state index contributed by atoms with van der Waals surface area (Å²) < 4.78 is 6.40. The van der Waals surface area contributed by atoms with Gasteiger partial charge in [0.1, 0.15) is 0 Å². The van der Waals surface area contributed by atoms with Gasteiger partial charge in [-0.25, -0.2) is 9.78 Å². The molecule has 0 aliphatic heterocycles. The van der Waals surface area contributed by atoms with Crippen LogP contribution in [-0.2, 0) is 20.9 Å². The largest absolute Gasteiger partial charge is 0.462 e. The minimum Gasteiger partial charge on any atom is -0.462 e. The van der Waals surface area contributed by atoms with Gasteiger partial charge in [0.05, 0.1) is 28.8 Å². The number of thioether (sulfide) groups is 1. The number of nitrogens with one attached hydrogen (secondary N) is 2. The lowest BCUT2D eigenvalue weighted by atomic mass is 10.2. The van der Waals surface area contributed by atoms with Crippen LogP contribution in [0.3, 0.4) is 0 Å². The Morgan fingerprint density at radius 2 is 1.82 bits per heavy atom. The standard InChI is InChI=1S/C23H24N4O5S/c1-3-32-22(31)16-8-10-17(11-9-16)25-20(29)14-33-23-26-19-7-5-4-6-18(19)21(30)27(23)13-12-24-15(2)28/h4-11H,3,12-14H2,1-2H3,(H,24,28)(H,25,29). The summed E-state index contributed by atoms with van der Waals surface area (Å²) in [6, 6.07) is 13.4. The van der Waals surface area contributed by atoms with Gasteiger partial charge in [-0.15, -0.1) is 0 Å². The van der Waals surface area contributed by atoms with Gasteiger partial charge < -0.3 is 15.4 Å². The maximum atomic E-state index is 13.0. The van der Waals surface area contributed by atoms with Crippen LogP contribution in [-0.4, -0.2) is 46.2 Å². The maximum Gasteiger partial charge on any atom is 0.338 e. The van der Waals surface area contributed by atoms with Crippen molar-refractivity contribution in [1.82, 2.24) is 14.9 Å². The molecule has 0 radical (unpaired) electrons. The zero-order chi connectivity index (χ0) is 23.8. The highest BCUT2D eigenvalue weighted by Crippen LogP contribution is 2.18. The van der Waals surface area contributed by atoms with Crippen molar-refractivity contribution in [2.24, 2.45) is 0 Å². The number of ether oxygens (including phenoxy) is 1. The van der Waals surface area contributed by atoms with Crippen LogP contribution in [0.4, 0.5) is 5.69 Å².